The number of carbonyl (C=O) groups is 1. The second-order valence-corrected chi connectivity index (χ2v) is 6.61. The largest absolute Gasteiger partial charge is 0.465 e. The molecule has 21 heavy (non-hydrogen) atoms. The Labute approximate surface area is 126 Å². The number of hydrogen-bond donors (Lipinski definition) is 1. The van der Waals surface area contributed by atoms with Crippen molar-refractivity contribution in [1.82, 2.24) is 5.32 Å². The van der Waals surface area contributed by atoms with Gasteiger partial charge in [-0.3, -0.25) is 5.32 Å². The number of hydrogen-bond acceptors (Lipinski definition) is 7. The summed E-state index contributed by atoms with van der Waals surface area (Å²) in [5.41, 5.74) is 0.216. The van der Waals surface area contributed by atoms with Gasteiger partial charge in [0.15, 0.2) is 21.2 Å². The monoisotopic (exact) mass is 327 g/mol. The van der Waals surface area contributed by atoms with E-state index in [-0.39, 0.29) is 21.3 Å². The standard InChI is InChI=1S/C12H13N3O4S2/c1-19-11(16)9-6-8(21(3,17)18)4-5-10(9)15-12(20-2)14-7-13/h4-6H,1-3H3,(H,14,15). The molecule has 1 rings (SSSR count). The molecular weight excluding hydrogens is 314 g/mol. The quantitative estimate of drug-likeness (QED) is 0.293. The third-order valence-electron chi connectivity index (χ3n) is 2.38. The van der Waals surface area contributed by atoms with Gasteiger partial charge >= 0.3 is 5.97 Å². The van der Waals surface area contributed by atoms with E-state index in [9.17, 15) is 13.2 Å². The van der Waals surface area contributed by atoms with Crippen LogP contribution in [0.5, 0.6) is 0 Å². The second-order valence-electron chi connectivity index (χ2n) is 3.80. The zero-order chi connectivity index (χ0) is 16.0. The maximum absolute atomic E-state index is 11.8. The molecular formula is C12H13N3O4S2. The lowest BCUT2D eigenvalue weighted by atomic mass is 10.2. The summed E-state index contributed by atoms with van der Waals surface area (Å²) in [6, 6.07) is 3.92. The highest BCUT2D eigenvalue weighted by Gasteiger charge is 2.17. The average Bonchev–Trinajstić information content (AvgIpc) is 2.45. The minimum atomic E-state index is -3.46. The summed E-state index contributed by atoms with van der Waals surface area (Å²) in [5, 5.41) is 11.2. The first-order valence-electron chi connectivity index (χ1n) is 5.53. The first-order chi connectivity index (χ1) is 9.83. The Balaban J connectivity index is 3.46. The molecule has 1 aromatic rings. The van der Waals surface area contributed by atoms with Crippen molar-refractivity contribution in [2.45, 2.75) is 4.90 Å². The molecule has 0 spiro atoms. The number of thioether (sulfide) groups is 1. The van der Waals surface area contributed by atoms with Crippen LogP contribution in [0.3, 0.4) is 0 Å². The number of nitriles is 1. The molecule has 1 N–H and O–H groups in total. The molecule has 0 aromatic heterocycles. The van der Waals surface area contributed by atoms with Gasteiger partial charge in [0.2, 0.25) is 0 Å². The Morgan fingerprint density at radius 2 is 2.14 bits per heavy atom. The number of benzene rings is 1. The van der Waals surface area contributed by atoms with E-state index >= 15 is 0 Å². The van der Waals surface area contributed by atoms with Crippen LogP contribution >= 0.6 is 11.8 Å². The maximum atomic E-state index is 11.8. The van der Waals surface area contributed by atoms with Crippen molar-refractivity contribution in [3.8, 4) is 6.19 Å². The van der Waals surface area contributed by atoms with Crippen molar-refractivity contribution < 1.29 is 17.9 Å². The van der Waals surface area contributed by atoms with Crippen LogP contribution in [0.15, 0.2) is 28.1 Å². The molecule has 0 radical (unpaired) electrons. The topological polar surface area (TPSA) is 109 Å². The normalized spacial score (nSPS) is 11.6. The van der Waals surface area contributed by atoms with Gasteiger partial charge in [-0.2, -0.15) is 5.26 Å². The number of nitrogens with one attached hydrogen (secondary N) is 1. The molecule has 0 aliphatic carbocycles. The van der Waals surface area contributed by atoms with Crippen LogP contribution < -0.4 is 5.32 Å². The van der Waals surface area contributed by atoms with Crippen molar-refractivity contribution in [1.29, 1.82) is 5.26 Å². The van der Waals surface area contributed by atoms with Crippen LogP contribution in [0.2, 0.25) is 0 Å². The minimum absolute atomic E-state index is 0.00622. The molecule has 9 heteroatoms. The van der Waals surface area contributed by atoms with E-state index < -0.39 is 15.8 Å². The highest BCUT2D eigenvalue weighted by atomic mass is 32.2. The summed E-state index contributed by atoms with van der Waals surface area (Å²) in [6.07, 6.45) is 4.46. The fourth-order valence-electron chi connectivity index (χ4n) is 1.40. The second kappa shape index (κ2) is 7.10. The van der Waals surface area contributed by atoms with Crippen LogP contribution in [0.4, 0.5) is 5.69 Å². The van der Waals surface area contributed by atoms with Crippen LogP contribution in [0.1, 0.15) is 10.4 Å². The number of carbonyl (C=O) groups excluding carboxylic acids is 1. The van der Waals surface area contributed by atoms with E-state index in [0.29, 0.717) is 0 Å². The van der Waals surface area contributed by atoms with Gasteiger partial charge in [-0.1, -0.05) is 11.8 Å². The van der Waals surface area contributed by atoms with E-state index in [1.165, 1.54) is 37.1 Å². The van der Waals surface area contributed by atoms with E-state index in [4.69, 9.17) is 5.26 Å². The summed E-state index contributed by atoms with van der Waals surface area (Å²) < 4.78 is 27.7. The van der Waals surface area contributed by atoms with Gasteiger partial charge in [-0.25, -0.2) is 18.2 Å². The van der Waals surface area contributed by atoms with Gasteiger partial charge in [0, 0.05) is 6.26 Å². The number of nitrogens with zero attached hydrogens (tertiary/aromatic N) is 2. The molecule has 0 bridgehead atoms. The van der Waals surface area contributed by atoms with Crippen LogP contribution in [-0.4, -0.2) is 39.2 Å². The summed E-state index contributed by atoms with van der Waals surface area (Å²) in [5.74, 6) is -0.711. The first-order valence-corrected chi connectivity index (χ1v) is 8.65. The molecule has 0 aliphatic heterocycles. The maximum Gasteiger partial charge on any atom is 0.340 e. The molecule has 0 saturated carbocycles. The molecule has 0 amide bonds. The third kappa shape index (κ3) is 4.47. The van der Waals surface area contributed by atoms with Crippen molar-refractivity contribution in [3.05, 3.63) is 23.8 Å². The van der Waals surface area contributed by atoms with Crippen molar-refractivity contribution >= 4 is 38.4 Å². The van der Waals surface area contributed by atoms with Gasteiger partial charge in [-0.05, 0) is 24.5 Å². The van der Waals surface area contributed by atoms with Crippen molar-refractivity contribution in [3.63, 3.8) is 0 Å². The lowest BCUT2D eigenvalue weighted by Gasteiger charge is -2.07. The number of rotatable bonds is 3. The zero-order valence-corrected chi connectivity index (χ0v) is 13.2. The minimum Gasteiger partial charge on any atom is -0.465 e. The average molecular weight is 327 g/mol. The number of aliphatic imine (C=N–C) groups is 1. The number of ether oxygens (including phenoxy) is 1. The molecule has 0 unspecified atom stereocenters. The predicted molar refractivity (Wildman–Crippen MR) is 80.3 cm³/mol. The fraction of sp³-hybridized carbons (Fsp3) is 0.250. The summed E-state index contributed by atoms with van der Waals surface area (Å²) in [6.45, 7) is 0. The van der Waals surface area contributed by atoms with Gasteiger partial charge < -0.3 is 4.74 Å². The Bertz CT molecular complexity index is 721. The number of sulfone groups is 1. The van der Waals surface area contributed by atoms with Crippen LogP contribution in [0, 0.1) is 11.5 Å². The predicted octanol–water partition coefficient (Wildman–Crippen LogP) is 1.30. The molecule has 0 aliphatic rings. The summed E-state index contributed by atoms with van der Waals surface area (Å²) in [4.78, 5) is 15.9. The smallest absolute Gasteiger partial charge is 0.340 e. The van der Waals surface area contributed by atoms with Crippen LogP contribution in [0.25, 0.3) is 0 Å². The number of methoxy groups -OCH3 is 1. The molecule has 1 aromatic carbocycles. The Kier molecular flexibility index (Phi) is 5.75. The zero-order valence-electron chi connectivity index (χ0n) is 11.6. The van der Waals surface area contributed by atoms with E-state index in [0.717, 1.165) is 6.26 Å². The molecule has 0 heterocycles. The van der Waals surface area contributed by atoms with Gasteiger partial charge in [0.25, 0.3) is 0 Å². The Hall–Kier alpha value is -2.05. The third-order valence-corrected chi connectivity index (χ3v) is 4.07. The fourth-order valence-corrected chi connectivity index (χ4v) is 2.38. The summed E-state index contributed by atoms with van der Waals surface area (Å²) >= 11 is 1.17. The van der Waals surface area contributed by atoms with E-state index in [1.807, 2.05) is 0 Å². The van der Waals surface area contributed by atoms with E-state index in [1.54, 1.807) is 12.4 Å². The first kappa shape index (κ1) is 17.0. The van der Waals surface area contributed by atoms with Gasteiger partial charge in [0.05, 0.1) is 23.3 Å². The SMILES string of the molecule is COC(=O)c1cc(S(C)(=O)=O)ccc1N=C(NC#N)SC. The summed E-state index contributed by atoms with van der Waals surface area (Å²) in [7, 11) is -2.27. The van der Waals surface area contributed by atoms with Crippen molar-refractivity contribution in [2.75, 3.05) is 19.6 Å². The lowest BCUT2D eigenvalue weighted by Crippen LogP contribution is -2.13. The number of amidine groups is 1. The van der Waals surface area contributed by atoms with Gasteiger partial charge in [-0.15, -0.1) is 0 Å². The lowest BCUT2D eigenvalue weighted by molar-refractivity contribution is 0.0601. The Morgan fingerprint density at radius 1 is 1.48 bits per heavy atom. The van der Waals surface area contributed by atoms with Crippen LogP contribution in [-0.2, 0) is 14.6 Å². The molecule has 112 valence electrons. The van der Waals surface area contributed by atoms with E-state index in [2.05, 4.69) is 15.0 Å². The number of esters is 1. The van der Waals surface area contributed by atoms with Crippen molar-refractivity contribution in [2.24, 2.45) is 4.99 Å². The Morgan fingerprint density at radius 3 is 2.62 bits per heavy atom. The molecule has 0 fully saturated rings. The van der Waals surface area contributed by atoms with Gasteiger partial charge in [0.1, 0.15) is 0 Å². The highest BCUT2D eigenvalue weighted by molar-refractivity contribution is 8.13. The highest BCUT2D eigenvalue weighted by Crippen LogP contribution is 2.25. The molecule has 0 atom stereocenters. The molecule has 0 saturated heterocycles. The molecule has 7 nitrogen and oxygen atoms in total.